The van der Waals surface area contributed by atoms with Crippen molar-refractivity contribution in [3.05, 3.63) is 33.7 Å². The molecule has 1 saturated carbocycles. The van der Waals surface area contributed by atoms with Crippen LogP contribution in [0.25, 0.3) is 0 Å². The van der Waals surface area contributed by atoms with Crippen LogP contribution in [0.4, 0.5) is 13.2 Å². The van der Waals surface area contributed by atoms with Gasteiger partial charge in [-0.1, -0.05) is 6.07 Å². The Labute approximate surface area is 140 Å². The Morgan fingerprint density at radius 2 is 2.17 bits per heavy atom. The van der Waals surface area contributed by atoms with Crippen LogP contribution in [-0.4, -0.2) is 35.0 Å². The van der Waals surface area contributed by atoms with E-state index in [1.54, 1.807) is 17.5 Å². The number of hydrogen-bond donors (Lipinski definition) is 2. The minimum atomic E-state index is -4.95. The Bertz CT molecular complexity index is 754. The SMILES string of the molecule is O=C1CC(O)(C(F)(F)F)C2=C(N1)C1CCC1CN=C2c1cccs1. The minimum absolute atomic E-state index is 0.114. The summed E-state index contributed by atoms with van der Waals surface area (Å²) in [4.78, 5) is 16.9. The number of carbonyl (C=O) groups excluding carboxylic acids is 1. The third-order valence-electron chi connectivity index (χ3n) is 5.11. The fourth-order valence-electron chi connectivity index (χ4n) is 3.71. The predicted molar refractivity (Wildman–Crippen MR) is 82.7 cm³/mol. The van der Waals surface area contributed by atoms with E-state index in [-0.39, 0.29) is 28.8 Å². The number of aliphatic hydroxyl groups is 1. The Balaban J connectivity index is 1.97. The summed E-state index contributed by atoms with van der Waals surface area (Å²) in [5.74, 6) is -0.866. The van der Waals surface area contributed by atoms with Crippen LogP contribution in [0.3, 0.4) is 0 Å². The van der Waals surface area contributed by atoms with Gasteiger partial charge in [0.15, 0.2) is 5.60 Å². The van der Waals surface area contributed by atoms with Crippen LogP contribution in [0, 0.1) is 11.8 Å². The maximum absolute atomic E-state index is 13.7. The van der Waals surface area contributed by atoms with E-state index in [4.69, 9.17) is 0 Å². The lowest BCUT2D eigenvalue weighted by atomic mass is 9.68. The van der Waals surface area contributed by atoms with E-state index in [2.05, 4.69) is 10.3 Å². The molecule has 4 rings (SSSR count). The first-order valence-electron chi connectivity index (χ1n) is 7.73. The lowest BCUT2D eigenvalue weighted by Crippen LogP contribution is -2.57. The highest BCUT2D eigenvalue weighted by Crippen LogP contribution is 2.50. The molecule has 24 heavy (non-hydrogen) atoms. The number of carbonyl (C=O) groups is 1. The van der Waals surface area contributed by atoms with Crippen molar-refractivity contribution in [2.75, 3.05) is 6.54 Å². The lowest BCUT2D eigenvalue weighted by molar-refractivity contribution is -0.245. The second-order valence-electron chi connectivity index (χ2n) is 6.48. The average molecular weight is 356 g/mol. The maximum Gasteiger partial charge on any atom is 0.422 e. The molecule has 1 aromatic heterocycles. The van der Waals surface area contributed by atoms with Crippen LogP contribution in [0.1, 0.15) is 24.1 Å². The number of fused-ring (bicyclic) bond motifs is 2. The molecule has 1 amide bonds. The molecule has 0 aromatic carbocycles. The number of amides is 1. The van der Waals surface area contributed by atoms with Crippen LogP contribution >= 0.6 is 11.3 Å². The van der Waals surface area contributed by atoms with Gasteiger partial charge in [0.2, 0.25) is 5.91 Å². The molecule has 2 N–H and O–H groups in total. The van der Waals surface area contributed by atoms with E-state index in [1.807, 2.05) is 0 Å². The smallest absolute Gasteiger partial charge is 0.376 e. The number of thiophene rings is 1. The number of allylic oxidation sites excluding steroid dienone is 1. The molecule has 0 spiro atoms. The third-order valence-corrected chi connectivity index (χ3v) is 5.98. The zero-order valence-corrected chi connectivity index (χ0v) is 13.4. The molecule has 3 aliphatic rings. The molecule has 4 nitrogen and oxygen atoms in total. The number of nitrogens with one attached hydrogen (secondary N) is 1. The molecular formula is C16H15F3N2O2S. The molecular weight excluding hydrogens is 341 g/mol. The third kappa shape index (κ3) is 2.16. The largest absolute Gasteiger partial charge is 0.422 e. The van der Waals surface area contributed by atoms with E-state index in [0.717, 1.165) is 6.42 Å². The predicted octanol–water partition coefficient (Wildman–Crippen LogP) is 2.64. The van der Waals surface area contributed by atoms with Crippen molar-refractivity contribution in [3.8, 4) is 0 Å². The molecule has 0 radical (unpaired) electrons. The van der Waals surface area contributed by atoms with Gasteiger partial charge in [-0.05, 0) is 30.2 Å². The van der Waals surface area contributed by atoms with Gasteiger partial charge in [0.05, 0.1) is 17.0 Å². The highest BCUT2D eigenvalue weighted by Gasteiger charge is 2.62. The Kier molecular flexibility index (Phi) is 3.41. The van der Waals surface area contributed by atoms with Gasteiger partial charge in [0, 0.05) is 23.7 Å². The number of aliphatic imine (C=N–C) groups is 1. The maximum atomic E-state index is 13.7. The summed E-state index contributed by atoms with van der Waals surface area (Å²) in [5, 5.41) is 14.9. The molecule has 0 saturated heterocycles. The first-order chi connectivity index (χ1) is 11.3. The standard InChI is InChI=1S/C16H15F3N2O2S/c17-16(18,19)15(23)6-11(22)21-13-9-4-3-8(9)7-20-14(12(13)15)10-2-1-5-24-10/h1-2,5,8-9,23H,3-4,6-7H2,(H,21,22). The molecule has 3 unspecified atom stereocenters. The summed E-state index contributed by atoms with van der Waals surface area (Å²) in [6.45, 7) is 0.411. The summed E-state index contributed by atoms with van der Waals surface area (Å²) < 4.78 is 41.2. The Morgan fingerprint density at radius 1 is 1.38 bits per heavy atom. The van der Waals surface area contributed by atoms with E-state index in [1.165, 1.54) is 11.3 Å². The van der Waals surface area contributed by atoms with Crippen LogP contribution < -0.4 is 5.32 Å². The molecule has 3 atom stereocenters. The normalized spacial score (nSPS) is 33.0. The first kappa shape index (κ1) is 15.8. The highest BCUT2D eigenvalue weighted by molar-refractivity contribution is 7.12. The van der Waals surface area contributed by atoms with Gasteiger partial charge in [0.25, 0.3) is 0 Å². The zero-order chi connectivity index (χ0) is 17.1. The highest BCUT2D eigenvalue weighted by atomic mass is 32.1. The van der Waals surface area contributed by atoms with Crippen LogP contribution in [0.2, 0.25) is 0 Å². The van der Waals surface area contributed by atoms with Crippen molar-refractivity contribution < 1.29 is 23.1 Å². The topological polar surface area (TPSA) is 61.7 Å². The van der Waals surface area contributed by atoms with Crippen molar-refractivity contribution in [1.29, 1.82) is 0 Å². The number of hydrogen-bond acceptors (Lipinski definition) is 4. The average Bonchev–Trinajstić information content (AvgIpc) is 2.92. The van der Waals surface area contributed by atoms with Gasteiger partial charge in [-0.3, -0.25) is 9.79 Å². The summed E-state index contributed by atoms with van der Waals surface area (Å²) in [6, 6.07) is 3.42. The first-order valence-corrected chi connectivity index (χ1v) is 8.61. The summed E-state index contributed by atoms with van der Waals surface area (Å²) in [6.07, 6.45) is -4.42. The van der Waals surface area contributed by atoms with E-state index in [0.29, 0.717) is 17.8 Å². The Hall–Kier alpha value is -1.67. The van der Waals surface area contributed by atoms with Gasteiger partial charge in [-0.2, -0.15) is 13.2 Å². The number of alkyl halides is 3. The molecule has 3 heterocycles. The van der Waals surface area contributed by atoms with Crippen LogP contribution in [0.5, 0.6) is 0 Å². The van der Waals surface area contributed by atoms with Crippen LogP contribution in [0.15, 0.2) is 33.8 Å². The van der Waals surface area contributed by atoms with Gasteiger partial charge in [0.1, 0.15) is 0 Å². The minimum Gasteiger partial charge on any atom is -0.376 e. The molecule has 0 bridgehead atoms. The number of nitrogens with zero attached hydrogens (tertiary/aromatic N) is 1. The van der Waals surface area contributed by atoms with Gasteiger partial charge in [-0.25, -0.2) is 0 Å². The molecule has 1 aromatic rings. The lowest BCUT2D eigenvalue weighted by Gasteiger charge is -2.42. The number of halogens is 3. The van der Waals surface area contributed by atoms with Gasteiger partial charge >= 0.3 is 6.18 Å². The van der Waals surface area contributed by atoms with Crippen molar-refractivity contribution in [1.82, 2.24) is 5.32 Å². The second kappa shape index (κ2) is 5.16. The second-order valence-corrected chi connectivity index (χ2v) is 7.43. The molecule has 128 valence electrons. The summed E-state index contributed by atoms with van der Waals surface area (Å²) >= 11 is 1.27. The van der Waals surface area contributed by atoms with Crippen molar-refractivity contribution >= 4 is 23.0 Å². The summed E-state index contributed by atoms with van der Waals surface area (Å²) in [5.41, 5.74) is -3.08. The molecule has 1 aliphatic carbocycles. The Morgan fingerprint density at radius 3 is 2.75 bits per heavy atom. The number of rotatable bonds is 1. The molecule has 2 aliphatic heterocycles. The fraction of sp³-hybridized carbons (Fsp3) is 0.500. The molecule has 1 fully saturated rings. The van der Waals surface area contributed by atoms with E-state index >= 15 is 0 Å². The fourth-order valence-corrected chi connectivity index (χ4v) is 4.45. The van der Waals surface area contributed by atoms with E-state index in [9.17, 15) is 23.1 Å². The quantitative estimate of drug-likeness (QED) is 0.813. The summed E-state index contributed by atoms with van der Waals surface area (Å²) in [7, 11) is 0. The van der Waals surface area contributed by atoms with Crippen molar-refractivity contribution in [3.63, 3.8) is 0 Å². The van der Waals surface area contributed by atoms with E-state index < -0.39 is 24.1 Å². The van der Waals surface area contributed by atoms with Crippen LogP contribution in [-0.2, 0) is 4.79 Å². The van der Waals surface area contributed by atoms with Gasteiger partial charge in [-0.15, -0.1) is 11.3 Å². The van der Waals surface area contributed by atoms with Crippen molar-refractivity contribution in [2.45, 2.75) is 31.0 Å². The van der Waals surface area contributed by atoms with Gasteiger partial charge < -0.3 is 10.4 Å². The zero-order valence-electron chi connectivity index (χ0n) is 12.6. The van der Waals surface area contributed by atoms with Crippen molar-refractivity contribution in [2.24, 2.45) is 16.8 Å². The molecule has 8 heteroatoms. The monoisotopic (exact) mass is 356 g/mol.